The fourth-order valence-corrected chi connectivity index (χ4v) is 3.21. The minimum Gasteiger partial charge on any atom is -0.267 e. The first kappa shape index (κ1) is 16.4. The van der Waals surface area contributed by atoms with Gasteiger partial charge in [0.05, 0.1) is 28.0 Å². The second-order valence-corrected chi connectivity index (χ2v) is 6.75. The third kappa shape index (κ3) is 2.77. The van der Waals surface area contributed by atoms with Crippen molar-refractivity contribution in [1.82, 2.24) is 30.0 Å². The minimum absolute atomic E-state index is 0.253. The molecule has 1 aliphatic rings. The van der Waals surface area contributed by atoms with Crippen molar-refractivity contribution in [3.05, 3.63) is 41.0 Å². The van der Waals surface area contributed by atoms with Crippen molar-refractivity contribution in [3.8, 4) is 0 Å². The molecule has 0 bridgehead atoms. The molecular formula is C18H21N7O. The Morgan fingerprint density at radius 2 is 2.08 bits per heavy atom. The number of amides is 1. The third-order valence-corrected chi connectivity index (χ3v) is 4.75. The Bertz CT molecular complexity index is 1040. The van der Waals surface area contributed by atoms with Gasteiger partial charge in [-0.25, -0.2) is 10.4 Å². The van der Waals surface area contributed by atoms with E-state index in [4.69, 9.17) is 4.98 Å². The topological polar surface area (TPSA) is 90.0 Å². The van der Waals surface area contributed by atoms with Gasteiger partial charge >= 0.3 is 0 Å². The molecule has 0 aliphatic heterocycles. The number of hydrogen-bond acceptors (Lipinski definition) is 5. The summed E-state index contributed by atoms with van der Waals surface area (Å²) in [5.74, 6) is 0.192. The van der Waals surface area contributed by atoms with Crippen molar-refractivity contribution < 1.29 is 4.79 Å². The summed E-state index contributed by atoms with van der Waals surface area (Å²) < 4.78 is 3.45. The molecule has 0 unspecified atom stereocenters. The maximum absolute atomic E-state index is 12.9. The van der Waals surface area contributed by atoms with E-state index in [-0.39, 0.29) is 5.91 Å². The fraction of sp³-hybridized carbons (Fsp3) is 0.389. The van der Waals surface area contributed by atoms with E-state index < -0.39 is 0 Å². The zero-order chi connectivity index (χ0) is 18.4. The Balaban J connectivity index is 1.71. The number of pyridine rings is 1. The fourth-order valence-electron chi connectivity index (χ4n) is 3.21. The van der Waals surface area contributed by atoms with Gasteiger partial charge in [-0.2, -0.15) is 15.3 Å². The quantitative estimate of drug-likeness (QED) is 0.575. The third-order valence-electron chi connectivity index (χ3n) is 4.75. The van der Waals surface area contributed by atoms with Crippen molar-refractivity contribution >= 4 is 22.7 Å². The summed E-state index contributed by atoms with van der Waals surface area (Å²) in [6, 6.07) is 3.74. The van der Waals surface area contributed by atoms with Gasteiger partial charge in [0, 0.05) is 31.9 Å². The summed E-state index contributed by atoms with van der Waals surface area (Å²) in [5, 5.41) is 13.6. The highest BCUT2D eigenvalue weighted by Crippen LogP contribution is 2.40. The van der Waals surface area contributed by atoms with Crippen LogP contribution >= 0.6 is 0 Å². The van der Waals surface area contributed by atoms with Crippen LogP contribution in [-0.4, -0.2) is 36.2 Å². The summed E-state index contributed by atoms with van der Waals surface area (Å²) in [5.41, 5.74) is 7.27. The van der Waals surface area contributed by atoms with Crippen LogP contribution in [0, 0.1) is 6.92 Å². The predicted octanol–water partition coefficient (Wildman–Crippen LogP) is 2.04. The number of carbonyl (C=O) groups is 1. The molecule has 3 heterocycles. The lowest BCUT2D eigenvalue weighted by molar-refractivity contribution is 0.0956. The number of rotatable bonds is 4. The van der Waals surface area contributed by atoms with Crippen LogP contribution in [-0.2, 0) is 14.1 Å². The highest BCUT2D eigenvalue weighted by atomic mass is 16.2. The SMILES string of the molecule is C/C(=N\NC(=O)c1cc(C2CC2)nc2c1c(C)nn2C)c1ccnn1C. The Morgan fingerprint density at radius 3 is 2.73 bits per heavy atom. The van der Waals surface area contributed by atoms with E-state index in [2.05, 4.69) is 20.7 Å². The molecule has 3 aromatic heterocycles. The summed E-state index contributed by atoms with van der Waals surface area (Å²) in [4.78, 5) is 17.6. The summed E-state index contributed by atoms with van der Waals surface area (Å²) in [6.07, 6.45) is 3.94. The van der Waals surface area contributed by atoms with Gasteiger partial charge in [-0.3, -0.25) is 14.2 Å². The molecule has 0 atom stereocenters. The van der Waals surface area contributed by atoms with Gasteiger partial charge < -0.3 is 0 Å². The number of fused-ring (bicyclic) bond motifs is 1. The van der Waals surface area contributed by atoms with E-state index in [1.165, 1.54) is 0 Å². The smallest absolute Gasteiger partial charge is 0.267 e. The first-order chi connectivity index (χ1) is 12.5. The number of hydrogen-bond donors (Lipinski definition) is 1. The first-order valence-electron chi connectivity index (χ1n) is 8.63. The van der Waals surface area contributed by atoms with Gasteiger partial charge in [-0.15, -0.1) is 0 Å². The lowest BCUT2D eigenvalue weighted by Crippen LogP contribution is -2.21. The molecule has 0 spiro atoms. The molecule has 1 aliphatic carbocycles. The molecule has 8 heteroatoms. The lowest BCUT2D eigenvalue weighted by Gasteiger charge is -2.07. The number of nitrogens with one attached hydrogen (secondary N) is 1. The number of carbonyl (C=O) groups excluding carboxylic acids is 1. The van der Waals surface area contributed by atoms with E-state index in [9.17, 15) is 4.79 Å². The van der Waals surface area contributed by atoms with Crippen LogP contribution < -0.4 is 5.43 Å². The summed E-state index contributed by atoms with van der Waals surface area (Å²) in [7, 11) is 3.69. The van der Waals surface area contributed by atoms with E-state index in [0.717, 1.165) is 41.0 Å². The Labute approximate surface area is 150 Å². The number of aryl methyl sites for hydroxylation is 3. The Kier molecular flexibility index (Phi) is 3.82. The van der Waals surface area contributed by atoms with Crippen LogP contribution in [0.15, 0.2) is 23.4 Å². The second kappa shape index (κ2) is 6.05. The zero-order valence-electron chi connectivity index (χ0n) is 15.3. The normalized spacial score (nSPS) is 14.8. The van der Waals surface area contributed by atoms with Crippen LogP contribution in [0.5, 0.6) is 0 Å². The standard InChI is InChI=1S/C18H21N7O/c1-10(15-7-8-19-24(15)3)21-22-18(26)13-9-14(12-5-6-12)20-17-16(13)11(2)23-25(17)4/h7-9,12H,5-6H2,1-4H3,(H,22,26)/b21-10+. The van der Waals surface area contributed by atoms with Gasteiger partial charge in [0.25, 0.3) is 5.91 Å². The molecule has 1 N–H and O–H groups in total. The molecule has 8 nitrogen and oxygen atoms in total. The van der Waals surface area contributed by atoms with Gasteiger partial charge in [-0.1, -0.05) is 0 Å². The molecule has 134 valence electrons. The number of nitrogens with zero attached hydrogens (tertiary/aromatic N) is 6. The molecule has 4 rings (SSSR count). The molecule has 3 aromatic rings. The highest BCUT2D eigenvalue weighted by molar-refractivity contribution is 6.07. The zero-order valence-corrected chi connectivity index (χ0v) is 15.3. The lowest BCUT2D eigenvalue weighted by atomic mass is 10.1. The molecule has 0 saturated heterocycles. The first-order valence-corrected chi connectivity index (χ1v) is 8.63. The van der Waals surface area contributed by atoms with E-state index in [1.54, 1.807) is 15.6 Å². The van der Waals surface area contributed by atoms with E-state index >= 15 is 0 Å². The van der Waals surface area contributed by atoms with Crippen molar-refractivity contribution in [3.63, 3.8) is 0 Å². The summed E-state index contributed by atoms with van der Waals surface area (Å²) in [6.45, 7) is 3.73. The van der Waals surface area contributed by atoms with Crippen molar-refractivity contribution in [2.45, 2.75) is 32.6 Å². The molecular weight excluding hydrogens is 330 g/mol. The van der Waals surface area contributed by atoms with Crippen LogP contribution in [0.4, 0.5) is 0 Å². The Hall–Kier alpha value is -3.03. The molecule has 26 heavy (non-hydrogen) atoms. The highest BCUT2D eigenvalue weighted by Gasteiger charge is 2.28. The minimum atomic E-state index is -0.253. The van der Waals surface area contributed by atoms with Crippen LogP contribution in [0.1, 0.15) is 53.1 Å². The number of hydrazone groups is 1. The monoisotopic (exact) mass is 351 g/mol. The molecule has 0 aromatic carbocycles. The molecule has 1 amide bonds. The van der Waals surface area contributed by atoms with Crippen LogP contribution in [0.25, 0.3) is 11.0 Å². The van der Waals surface area contributed by atoms with E-state index in [0.29, 0.717) is 17.2 Å². The van der Waals surface area contributed by atoms with Gasteiger partial charge in [0.2, 0.25) is 0 Å². The maximum atomic E-state index is 12.9. The predicted molar refractivity (Wildman–Crippen MR) is 98.1 cm³/mol. The molecule has 0 radical (unpaired) electrons. The largest absolute Gasteiger partial charge is 0.272 e. The van der Waals surface area contributed by atoms with Crippen molar-refractivity contribution in [1.29, 1.82) is 0 Å². The van der Waals surface area contributed by atoms with Gasteiger partial charge in [0.15, 0.2) is 5.65 Å². The average Bonchev–Trinajstić information content (AvgIpc) is 3.32. The summed E-state index contributed by atoms with van der Waals surface area (Å²) >= 11 is 0. The van der Waals surface area contributed by atoms with Crippen molar-refractivity contribution in [2.75, 3.05) is 0 Å². The maximum Gasteiger partial charge on any atom is 0.272 e. The second-order valence-electron chi connectivity index (χ2n) is 6.75. The van der Waals surface area contributed by atoms with Gasteiger partial charge in [0.1, 0.15) is 0 Å². The van der Waals surface area contributed by atoms with Crippen LogP contribution in [0.2, 0.25) is 0 Å². The number of aromatic nitrogens is 5. The van der Waals surface area contributed by atoms with Gasteiger partial charge in [-0.05, 0) is 38.8 Å². The Morgan fingerprint density at radius 1 is 1.31 bits per heavy atom. The molecule has 1 fully saturated rings. The van der Waals surface area contributed by atoms with E-state index in [1.807, 2.05) is 40.1 Å². The molecule has 1 saturated carbocycles. The average molecular weight is 351 g/mol. The van der Waals surface area contributed by atoms with Crippen molar-refractivity contribution in [2.24, 2.45) is 19.2 Å². The van der Waals surface area contributed by atoms with Crippen LogP contribution in [0.3, 0.4) is 0 Å².